The van der Waals surface area contributed by atoms with Crippen molar-refractivity contribution in [2.45, 2.75) is 13.3 Å². The molecule has 0 bridgehead atoms. The molecule has 1 aliphatic heterocycles. The van der Waals surface area contributed by atoms with Crippen molar-refractivity contribution >= 4 is 29.5 Å². The number of nitrogens with one attached hydrogen (secondary N) is 1. The van der Waals surface area contributed by atoms with Gasteiger partial charge in [-0.15, -0.1) is 0 Å². The number of hydrogen-bond donors (Lipinski definition) is 1. The fourth-order valence-electron chi connectivity index (χ4n) is 3.71. The minimum absolute atomic E-state index is 0.171. The number of nitrogens with zero attached hydrogens (tertiary/aromatic N) is 1. The quantitative estimate of drug-likeness (QED) is 0.290. The van der Waals surface area contributed by atoms with Gasteiger partial charge < -0.3 is 29.2 Å². The predicted molar refractivity (Wildman–Crippen MR) is 134 cm³/mol. The van der Waals surface area contributed by atoms with Gasteiger partial charge in [-0.3, -0.25) is 9.59 Å². The van der Waals surface area contributed by atoms with Crippen LogP contribution in [0.3, 0.4) is 0 Å². The maximum Gasteiger partial charge on any atom is 0.340 e. The van der Waals surface area contributed by atoms with Gasteiger partial charge in [0.15, 0.2) is 6.61 Å². The van der Waals surface area contributed by atoms with Crippen LogP contribution in [0.25, 0.3) is 6.08 Å². The molecule has 3 rings (SSSR count). The van der Waals surface area contributed by atoms with Crippen molar-refractivity contribution in [3.05, 3.63) is 70.9 Å². The van der Waals surface area contributed by atoms with Gasteiger partial charge in [0, 0.05) is 31.6 Å². The summed E-state index contributed by atoms with van der Waals surface area (Å²) in [6.45, 7) is 2.49. The van der Waals surface area contributed by atoms with Gasteiger partial charge in [0.1, 0.15) is 11.5 Å². The highest BCUT2D eigenvalue weighted by Crippen LogP contribution is 2.32. The van der Waals surface area contributed by atoms with E-state index >= 15 is 0 Å². The molecular formula is C27H30N2O7. The van der Waals surface area contributed by atoms with E-state index in [9.17, 15) is 14.4 Å². The highest BCUT2D eigenvalue weighted by atomic mass is 16.5. The molecule has 0 aliphatic carbocycles. The van der Waals surface area contributed by atoms with Crippen LogP contribution < -0.4 is 14.8 Å². The van der Waals surface area contributed by atoms with Gasteiger partial charge in [-0.05, 0) is 61.4 Å². The Kier molecular flexibility index (Phi) is 9.24. The molecular weight excluding hydrogens is 464 g/mol. The van der Waals surface area contributed by atoms with Crippen molar-refractivity contribution in [1.29, 1.82) is 0 Å². The minimum Gasteiger partial charge on any atom is -0.497 e. The van der Waals surface area contributed by atoms with E-state index in [4.69, 9.17) is 18.9 Å². The SMILES string of the molecule is COCCCN1C(=O)C(=Cc2ccc(OCC(=O)Nc3ccc(OC)cc3)cc2)C(C(=O)OC)=C1C. The molecule has 2 aromatic carbocycles. The molecule has 0 aromatic heterocycles. The van der Waals surface area contributed by atoms with Gasteiger partial charge in [0.25, 0.3) is 11.8 Å². The molecule has 0 fully saturated rings. The lowest BCUT2D eigenvalue weighted by Crippen LogP contribution is -2.26. The number of methoxy groups -OCH3 is 3. The third-order valence-electron chi connectivity index (χ3n) is 5.57. The largest absolute Gasteiger partial charge is 0.497 e. The fourth-order valence-corrected chi connectivity index (χ4v) is 3.71. The number of esters is 1. The molecule has 190 valence electrons. The molecule has 1 aliphatic rings. The number of anilines is 1. The lowest BCUT2D eigenvalue weighted by atomic mass is 10.0. The molecule has 2 aromatic rings. The van der Waals surface area contributed by atoms with Gasteiger partial charge >= 0.3 is 5.97 Å². The summed E-state index contributed by atoms with van der Waals surface area (Å²) in [6.07, 6.45) is 2.29. The molecule has 0 atom stereocenters. The van der Waals surface area contributed by atoms with Crippen LogP contribution in [0.1, 0.15) is 18.9 Å². The number of ether oxygens (including phenoxy) is 4. The monoisotopic (exact) mass is 494 g/mol. The van der Waals surface area contributed by atoms with Crippen molar-refractivity contribution in [2.24, 2.45) is 0 Å². The molecule has 0 saturated carbocycles. The van der Waals surface area contributed by atoms with Crippen LogP contribution in [0.4, 0.5) is 5.69 Å². The maximum atomic E-state index is 13.1. The van der Waals surface area contributed by atoms with E-state index in [0.717, 1.165) is 0 Å². The van der Waals surface area contributed by atoms with Crippen molar-refractivity contribution in [3.8, 4) is 11.5 Å². The molecule has 36 heavy (non-hydrogen) atoms. The summed E-state index contributed by atoms with van der Waals surface area (Å²) in [7, 11) is 4.46. The van der Waals surface area contributed by atoms with Gasteiger partial charge in [-0.25, -0.2) is 4.79 Å². The van der Waals surface area contributed by atoms with E-state index in [1.165, 1.54) is 7.11 Å². The number of carbonyl (C=O) groups is 3. The molecule has 0 radical (unpaired) electrons. The predicted octanol–water partition coefficient (Wildman–Crippen LogP) is 3.42. The summed E-state index contributed by atoms with van der Waals surface area (Å²) in [4.78, 5) is 39.2. The summed E-state index contributed by atoms with van der Waals surface area (Å²) in [5, 5.41) is 2.75. The summed E-state index contributed by atoms with van der Waals surface area (Å²) < 4.78 is 20.7. The van der Waals surface area contributed by atoms with E-state index in [1.807, 2.05) is 0 Å². The Morgan fingerprint density at radius 3 is 2.25 bits per heavy atom. The number of carbonyl (C=O) groups excluding carboxylic acids is 3. The van der Waals surface area contributed by atoms with E-state index in [0.29, 0.717) is 48.0 Å². The molecule has 0 unspecified atom stereocenters. The average Bonchev–Trinajstić information content (AvgIpc) is 3.12. The minimum atomic E-state index is -0.566. The second-order valence-corrected chi connectivity index (χ2v) is 7.95. The Labute approximate surface area is 210 Å². The molecule has 1 heterocycles. The van der Waals surface area contributed by atoms with E-state index < -0.39 is 5.97 Å². The van der Waals surface area contributed by atoms with E-state index in [2.05, 4.69) is 5.32 Å². The maximum absolute atomic E-state index is 13.1. The van der Waals surface area contributed by atoms with Crippen molar-refractivity contribution < 1.29 is 33.3 Å². The van der Waals surface area contributed by atoms with Crippen LogP contribution >= 0.6 is 0 Å². The zero-order valence-electron chi connectivity index (χ0n) is 20.8. The number of benzene rings is 2. The second-order valence-electron chi connectivity index (χ2n) is 7.95. The van der Waals surface area contributed by atoms with Crippen LogP contribution in [-0.2, 0) is 23.9 Å². The second kappa shape index (κ2) is 12.6. The summed E-state index contributed by atoms with van der Waals surface area (Å²) >= 11 is 0. The van der Waals surface area contributed by atoms with Crippen molar-refractivity contribution in [1.82, 2.24) is 4.90 Å². The van der Waals surface area contributed by atoms with Crippen molar-refractivity contribution in [3.63, 3.8) is 0 Å². The number of hydrogen-bond acceptors (Lipinski definition) is 7. The Hall–Kier alpha value is -4.11. The van der Waals surface area contributed by atoms with Crippen molar-refractivity contribution in [2.75, 3.05) is 46.4 Å². The van der Waals surface area contributed by atoms with Crippen LogP contribution in [0, 0.1) is 0 Å². The first-order chi connectivity index (χ1) is 17.4. The molecule has 2 amide bonds. The summed E-state index contributed by atoms with van der Waals surface area (Å²) in [5.74, 6) is 0.0474. The molecule has 1 N–H and O–H groups in total. The third kappa shape index (κ3) is 6.51. The first-order valence-electron chi connectivity index (χ1n) is 11.4. The Bertz CT molecular complexity index is 1150. The lowest BCUT2D eigenvalue weighted by molar-refractivity contribution is -0.136. The first kappa shape index (κ1) is 26.5. The van der Waals surface area contributed by atoms with Crippen LogP contribution in [-0.4, -0.2) is 63.8 Å². The van der Waals surface area contributed by atoms with E-state index in [1.54, 1.807) is 80.7 Å². The van der Waals surface area contributed by atoms with E-state index in [-0.39, 0.29) is 29.6 Å². The summed E-state index contributed by atoms with van der Waals surface area (Å²) in [5.41, 5.74) is 2.40. The topological polar surface area (TPSA) is 103 Å². The smallest absolute Gasteiger partial charge is 0.340 e. The zero-order valence-corrected chi connectivity index (χ0v) is 20.8. The molecule has 9 heteroatoms. The van der Waals surface area contributed by atoms with Crippen LogP contribution in [0.15, 0.2) is 65.4 Å². The Balaban J connectivity index is 1.66. The first-order valence-corrected chi connectivity index (χ1v) is 11.4. The Morgan fingerprint density at radius 2 is 1.64 bits per heavy atom. The Morgan fingerprint density at radius 1 is 0.972 bits per heavy atom. The third-order valence-corrected chi connectivity index (χ3v) is 5.57. The molecule has 9 nitrogen and oxygen atoms in total. The normalized spacial score (nSPS) is 14.3. The number of rotatable bonds is 11. The van der Waals surface area contributed by atoms with Crippen LogP contribution in [0.2, 0.25) is 0 Å². The summed E-state index contributed by atoms with van der Waals surface area (Å²) in [6, 6.07) is 13.8. The standard InChI is InChI=1S/C27H30N2O7/c1-18-25(27(32)35-4)23(26(31)29(18)14-5-15-33-2)16-19-6-10-22(11-7-19)36-17-24(30)28-20-8-12-21(34-3)13-9-20/h6-13,16H,5,14-15,17H2,1-4H3,(H,28,30). The lowest BCUT2D eigenvalue weighted by Gasteiger charge is -2.17. The fraction of sp³-hybridized carbons (Fsp3) is 0.296. The molecule has 0 spiro atoms. The van der Waals surface area contributed by atoms with Gasteiger partial charge in [0.2, 0.25) is 0 Å². The molecule has 0 saturated heterocycles. The highest BCUT2D eigenvalue weighted by molar-refractivity contribution is 6.16. The van der Waals surface area contributed by atoms with Gasteiger partial charge in [-0.2, -0.15) is 0 Å². The average molecular weight is 495 g/mol. The zero-order chi connectivity index (χ0) is 26.1. The van der Waals surface area contributed by atoms with Crippen LogP contribution in [0.5, 0.6) is 11.5 Å². The number of allylic oxidation sites excluding steroid dienone is 1. The van der Waals surface area contributed by atoms with Gasteiger partial charge in [0.05, 0.1) is 25.4 Å². The highest BCUT2D eigenvalue weighted by Gasteiger charge is 2.36. The van der Waals surface area contributed by atoms with Gasteiger partial charge in [-0.1, -0.05) is 12.1 Å². The number of amides is 2.